The second kappa shape index (κ2) is 11.6. The molecule has 0 aromatic heterocycles. The zero-order chi connectivity index (χ0) is 10.7. The lowest BCUT2D eigenvalue weighted by Gasteiger charge is -1.93. The van der Waals surface area contributed by atoms with Crippen LogP contribution >= 0.6 is 15.9 Å². The van der Waals surface area contributed by atoms with Crippen molar-refractivity contribution in [1.82, 2.24) is 0 Å². The van der Waals surface area contributed by atoms with Crippen molar-refractivity contribution >= 4 is 27.4 Å². The number of hydrogen-bond donors (Lipinski definition) is 0. The third-order valence-corrected chi connectivity index (χ3v) is 1.67. The molecule has 0 aliphatic rings. The first kappa shape index (κ1) is 15.1. The molecule has 0 saturated heterocycles. The Morgan fingerprint density at radius 3 is 2.31 bits per heavy atom. The quantitative estimate of drug-likeness (QED) is 0.555. The van der Waals surface area contributed by atoms with Gasteiger partial charge in [0.05, 0.1) is 5.33 Å². The van der Waals surface area contributed by atoms with Crippen molar-refractivity contribution in [2.75, 3.05) is 12.4 Å². The number of Topliss-reactive ketones (excluding diaryl/α,β-unsaturated/α-hetero) is 1. The number of nitrogens with zero attached hydrogens (tertiary/aromatic N) is 1. The second-order valence-corrected chi connectivity index (χ2v) is 2.54. The van der Waals surface area contributed by atoms with Crippen molar-refractivity contribution in [3.8, 4) is 0 Å². The number of carbonyl (C=O) groups excluding carboxylic acids is 1. The van der Waals surface area contributed by atoms with Crippen LogP contribution in [0.2, 0.25) is 0 Å². The number of halogens is 1. The molecule has 3 heteroatoms. The summed E-state index contributed by atoms with van der Waals surface area (Å²) in [5.41, 5.74) is 0.531. The first-order chi connectivity index (χ1) is 6.26. The maximum atomic E-state index is 11.0. The van der Waals surface area contributed by atoms with E-state index < -0.39 is 0 Å². The predicted molar refractivity (Wildman–Crippen MR) is 62.9 cm³/mol. The van der Waals surface area contributed by atoms with E-state index in [4.69, 9.17) is 0 Å². The highest BCUT2D eigenvalue weighted by Crippen LogP contribution is 1.91. The molecule has 0 bridgehead atoms. The summed E-state index contributed by atoms with van der Waals surface area (Å²) in [7, 11) is 1.62. The first-order valence-electron chi connectivity index (χ1n) is 4.48. The fourth-order valence-corrected chi connectivity index (χ4v) is 0.877. The van der Waals surface area contributed by atoms with Crippen molar-refractivity contribution in [1.29, 1.82) is 0 Å². The normalized spacial score (nSPS) is 11.0. The van der Waals surface area contributed by atoms with E-state index in [1.165, 1.54) is 0 Å². The third kappa shape index (κ3) is 7.91. The Kier molecular flexibility index (Phi) is 13.4. The van der Waals surface area contributed by atoms with Crippen molar-refractivity contribution in [3.63, 3.8) is 0 Å². The van der Waals surface area contributed by atoms with Crippen molar-refractivity contribution in [3.05, 3.63) is 12.2 Å². The minimum atomic E-state index is 0.0252. The SMILES string of the molecule is CC.CC/C=C\C(=NC)C(=O)CBr. The molecule has 76 valence electrons. The Hall–Kier alpha value is -0.440. The van der Waals surface area contributed by atoms with Crippen LogP contribution in [0.1, 0.15) is 27.2 Å². The number of hydrogen-bond acceptors (Lipinski definition) is 2. The van der Waals surface area contributed by atoms with Crippen molar-refractivity contribution in [2.45, 2.75) is 27.2 Å². The summed E-state index contributed by atoms with van der Waals surface area (Å²) in [6.07, 6.45) is 4.60. The number of aliphatic imine (C=N–C) groups is 1. The molecule has 0 rings (SSSR count). The summed E-state index contributed by atoms with van der Waals surface area (Å²) in [5, 5.41) is 0.341. The van der Waals surface area contributed by atoms with Gasteiger partial charge in [-0.25, -0.2) is 0 Å². The summed E-state index contributed by atoms with van der Waals surface area (Å²) in [6, 6.07) is 0. The van der Waals surface area contributed by atoms with Crippen LogP contribution in [0.25, 0.3) is 0 Å². The first-order valence-corrected chi connectivity index (χ1v) is 5.60. The van der Waals surface area contributed by atoms with Crippen LogP contribution in [0.3, 0.4) is 0 Å². The monoisotopic (exact) mass is 247 g/mol. The molecule has 0 N–H and O–H groups in total. The number of rotatable bonds is 4. The summed E-state index contributed by atoms with van der Waals surface area (Å²) < 4.78 is 0. The van der Waals surface area contributed by atoms with Crippen LogP contribution in [-0.4, -0.2) is 23.9 Å². The lowest BCUT2D eigenvalue weighted by molar-refractivity contribution is -0.110. The summed E-state index contributed by atoms with van der Waals surface area (Å²) >= 11 is 3.08. The molecular formula is C10H18BrNO. The molecule has 0 spiro atoms. The zero-order valence-electron chi connectivity index (χ0n) is 8.80. The van der Waals surface area contributed by atoms with Gasteiger partial charge < -0.3 is 0 Å². The molecule has 0 aliphatic heterocycles. The summed E-state index contributed by atoms with van der Waals surface area (Å²) in [4.78, 5) is 14.9. The van der Waals surface area contributed by atoms with Crippen LogP contribution in [-0.2, 0) is 4.79 Å². The average molecular weight is 248 g/mol. The molecule has 0 fully saturated rings. The zero-order valence-corrected chi connectivity index (χ0v) is 10.4. The van der Waals surface area contributed by atoms with E-state index >= 15 is 0 Å². The topological polar surface area (TPSA) is 29.4 Å². The number of carbonyl (C=O) groups is 1. The molecule has 0 unspecified atom stereocenters. The highest BCUT2D eigenvalue weighted by molar-refractivity contribution is 9.09. The highest BCUT2D eigenvalue weighted by atomic mass is 79.9. The molecule has 0 aliphatic carbocycles. The fourth-order valence-electron chi connectivity index (χ4n) is 0.590. The summed E-state index contributed by atoms with van der Waals surface area (Å²) in [6.45, 7) is 6.02. The van der Waals surface area contributed by atoms with Gasteiger partial charge >= 0.3 is 0 Å². The van der Waals surface area contributed by atoms with E-state index in [-0.39, 0.29) is 5.78 Å². The van der Waals surface area contributed by atoms with Gasteiger partial charge in [-0.2, -0.15) is 0 Å². The molecule has 0 aromatic rings. The largest absolute Gasteiger partial charge is 0.292 e. The Morgan fingerprint density at radius 1 is 1.46 bits per heavy atom. The standard InChI is InChI=1S/C8H12BrNO.C2H6/c1-3-4-5-7(10-2)8(11)6-9;1-2/h4-5H,3,6H2,1-2H3;1-2H3/b5-4-,10-7?;. The van der Waals surface area contributed by atoms with E-state index in [0.29, 0.717) is 11.0 Å². The molecule has 0 atom stereocenters. The molecular weight excluding hydrogens is 230 g/mol. The molecule has 0 radical (unpaired) electrons. The highest BCUT2D eigenvalue weighted by Gasteiger charge is 2.03. The smallest absolute Gasteiger partial charge is 0.191 e. The van der Waals surface area contributed by atoms with E-state index in [9.17, 15) is 4.79 Å². The van der Waals surface area contributed by atoms with Crippen molar-refractivity contribution in [2.24, 2.45) is 4.99 Å². The minimum absolute atomic E-state index is 0.0252. The fraction of sp³-hybridized carbons (Fsp3) is 0.600. The van der Waals surface area contributed by atoms with Gasteiger partial charge in [-0.1, -0.05) is 42.8 Å². The van der Waals surface area contributed by atoms with Gasteiger partial charge in [0, 0.05) is 7.05 Å². The molecule has 0 heterocycles. The Morgan fingerprint density at radius 2 is 2.00 bits per heavy atom. The minimum Gasteiger partial charge on any atom is -0.292 e. The Labute approximate surface area is 89.3 Å². The number of allylic oxidation sites excluding steroid dienone is 2. The molecule has 13 heavy (non-hydrogen) atoms. The molecule has 0 saturated carbocycles. The van der Waals surface area contributed by atoms with Gasteiger partial charge in [0.2, 0.25) is 0 Å². The maximum Gasteiger partial charge on any atom is 0.191 e. The molecule has 0 amide bonds. The van der Waals surface area contributed by atoms with Crippen molar-refractivity contribution < 1.29 is 4.79 Å². The summed E-state index contributed by atoms with van der Waals surface area (Å²) in [5.74, 6) is 0.0252. The van der Waals surface area contributed by atoms with Gasteiger partial charge in [-0.3, -0.25) is 9.79 Å². The van der Waals surface area contributed by atoms with Gasteiger partial charge in [0.1, 0.15) is 5.71 Å². The van der Waals surface area contributed by atoms with E-state index in [2.05, 4.69) is 20.9 Å². The van der Waals surface area contributed by atoms with Gasteiger partial charge in [0.25, 0.3) is 0 Å². The van der Waals surface area contributed by atoms with Crippen LogP contribution < -0.4 is 0 Å². The predicted octanol–water partition coefficient (Wildman–Crippen LogP) is 3.01. The second-order valence-electron chi connectivity index (χ2n) is 1.98. The van der Waals surface area contributed by atoms with Crippen LogP contribution in [0.5, 0.6) is 0 Å². The number of alkyl halides is 1. The number of ketones is 1. The third-order valence-electron chi connectivity index (χ3n) is 1.16. The van der Waals surface area contributed by atoms with Gasteiger partial charge in [-0.15, -0.1) is 0 Å². The van der Waals surface area contributed by atoms with E-state index in [1.54, 1.807) is 13.1 Å². The maximum absolute atomic E-state index is 11.0. The van der Waals surface area contributed by atoms with Crippen LogP contribution in [0, 0.1) is 0 Å². The molecule has 0 aromatic carbocycles. The van der Waals surface area contributed by atoms with Crippen LogP contribution in [0.4, 0.5) is 0 Å². The van der Waals surface area contributed by atoms with E-state index in [0.717, 1.165) is 6.42 Å². The van der Waals surface area contributed by atoms with E-state index in [1.807, 2.05) is 26.8 Å². The molecule has 2 nitrogen and oxygen atoms in total. The Bertz CT molecular complexity index is 185. The van der Waals surface area contributed by atoms with Gasteiger partial charge in [0.15, 0.2) is 5.78 Å². The lowest BCUT2D eigenvalue weighted by atomic mass is 10.2. The average Bonchev–Trinajstić information content (AvgIpc) is 2.21. The van der Waals surface area contributed by atoms with Gasteiger partial charge in [-0.05, 0) is 12.5 Å². The lowest BCUT2D eigenvalue weighted by Crippen LogP contribution is -2.12. The van der Waals surface area contributed by atoms with Crippen LogP contribution in [0.15, 0.2) is 17.1 Å². The Balaban J connectivity index is 0.